The van der Waals surface area contributed by atoms with Crippen molar-refractivity contribution in [1.29, 1.82) is 0 Å². The van der Waals surface area contributed by atoms with Crippen LogP contribution < -0.4 is 5.32 Å². The first-order chi connectivity index (χ1) is 8.42. The Bertz CT molecular complexity index is 413. The van der Waals surface area contributed by atoms with Crippen LogP contribution in [0, 0.1) is 5.41 Å². The Morgan fingerprint density at radius 3 is 2.39 bits per heavy atom. The highest BCUT2D eigenvalue weighted by atomic mass is 16.3. The summed E-state index contributed by atoms with van der Waals surface area (Å²) in [5.41, 5.74) is 1.83. The number of hydrogen-bond donors (Lipinski definition) is 2. The van der Waals surface area contributed by atoms with Crippen molar-refractivity contribution in [2.24, 2.45) is 5.41 Å². The van der Waals surface area contributed by atoms with Crippen LogP contribution in [-0.4, -0.2) is 24.2 Å². The molecule has 3 nitrogen and oxygen atoms in total. The van der Waals surface area contributed by atoms with Crippen LogP contribution in [0.3, 0.4) is 0 Å². The summed E-state index contributed by atoms with van der Waals surface area (Å²) in [5.74, 6) is -0.157. The molecular weight excluding hydrogens is 226 g/mol. The van der Waals surface area contributed by atoms with Gasteiger partial charge in [-0.05, 0) is 23.1 Å². The maximum absolute atomic E-state index is 11.6. The van der Waals surface area contributed by atoms with E-state index >= 15 is 0 Å². The molecule has 0 unspecified atom stereocenters. The molecule has 0 aliphatic carbocycles. The highest BCUT2D eigenvalue weighted by molar-refractivity contribution is 5.94. The smallest absolute Gasteiger partial charge is 0.251 e. The van der Waals surface area contributed by atoms with E-state index in [1.807, 2.05) is 12.1 Å². The monoisotopic (exact) mass is 247 g/mol. The number of carbonyl (C=O) groups is 1. The first-order valence-electron chi connectivity index (χ1n) is 6.11. The predicted octanol–water partition coefficient (Wildman–Crippen LogP) is 2.47. The van der Waals surface area contributed by atoms with E-state index in [4.69, 9.17) is 5.11 Å². The van der Waals surface area contributed by atoms with Gasteiger partial charge in [0.05, 0.1) is 6.61 Å². The van der Waals surface area contributed by atoms with Gasteiger partial charge in [0.15, 0.2) is 0 Å². The Kier molecular flexibility index (Phi) is 5.10. The molecule has 1 rings (SSSR count). The highest BCUT2D eigenvalue weighted by Crippen LogP contribution is 2.17. The second kappa shape index (κ2) is 6.36. The van der Waals surface area contributed by atoms with E-state index < -0.39 is 0 Å². The highest BCUT2D eigenvalue weighted by Gasteiger charge is 2.05. The molecule has 0 spiro atoms. The SMILES string of the molecule is CC(C)(C)C=Cc1ccc(C(=O)NCCO)cc1. The molecule has 18 heavy (non-hydrogen) atoms. The largest absolute Gasteiger partial charge is 0.395 e. The minimum atomic E-state index is -0.157. The average molecular weight is 247 g/mol. The molecule has 3 heteroatoms. The zero-order chi connectivity index (χ0) is 13.6. The van der Waals surface area contributed by atoms with Crippen molar-refractivity contribution in [3.63, 3.8) is 0 Å². The van der Waals surface area contributed by atoms with Crippen molar-refractivity contribution in [2.75, 3.05) is 13.2 Å². The summed E-state index contributed by atoms with van der Waals surface area (Å²) in [6, 6.07) is 7.40. The molecule has 98 valence electrons. The Balaban J connectivity index is 2.68. The minimum Gasteiger partial charge on any atom is -0.395 e. The molecule has 0 saturated heterocycles. The number of carbonyl (C=O) groups excluding carboxylic acids is 1. The number of amides is 1. The van der Waals surface area contributed by atoms with Gasteiger partial charge in [-0.2, -0.15) is 0 Å². The molecule has 0 atom stereocenters. The summed E-state index contributed by atoms with van der Waals surface area (Å²) in [6.45, 7) is 6.66. The lowest BCUT2D eigenvalue weighted by atomic mass is 9.95. The number of aliphatic hydroxyl groups is 1. The maximum atomic E-state index is 11.6. The third-order valence-corrected chi connectivity index (χ3v) is 2.35. The fourth-order valence-corrected chi connectivity index (χ4v) is 1.36. The number of rotatable bonds is 4. The molecule has 1 aromatic rings. The van der Waals surface area contributed by atoms with Crippen molar-refractivity contribution >= 4 is 12.0 Å². The molecule has 0 aliphatic heterocycles. The zero-order valence-electron chi connectivity index (χ0n) is 11.2. The average Bonchev–Trinajstić information content (AvgIpc) is 2.33. The maximum Gasteiger partial charge on any atom is 0.251 e. The molecule has 0 saturated carbocycles. The van der Waals surface area contributed by atoms with Gasteiger partial charge in [-0.15, -0.1) is 0 Å². The van der Waals surface area contributed by atoms with Crippen LogP contribution >= 0.6 is 0 Å². The summed E-state index contributed by atoms with van der Waals surface area (Å²) in [4.78, 5) is 11.6. The lowest BCUT2D eigenvalue weighted by Crippen LogP contribution is -2.26. The minimum absolute atomic E-state index is 0.0435. The fraction of sp³-hybridized carbons (Fsp3) is 0.400. The topological polar surface area (TPSA) is 49.3 Å². The van der Waals surface area contributed by atoms with Crippen molar-refractivity contribution in [3.05, 3.63) is 41.5 Å². The van der Waals surface area contributed by atoms with Gasteiger partial charge in [-0.1, -0.05) is 45.1 Å². The van der Waals surface area contributed by atoms with E-state index in [2.05, 4.69) is 38.2 Å². The fourth-order valence-electron chi connectivity index (χ4n) is 1.36. The van der Waals surface area contributed by atoms with E-state index in [-0.39, 0.29) is 24.5 Å². The van der Waals surface area contributed by atoms with Gasteiger partial charge in [0.2, 0.25) is 0 Å². The lowest BCUT2D eigenvalue weighted by molar-refractivity contribution is 0.0945. The number of allylic oxidation sites excluding steroid dienone is 1. The third kappa shape index (κ3) is 5.15. The van der Waals surface area contributed by atoms with Crippen LogP contribution in [0.15, 0.2) is 30.3 Å². The molecular formula is C15H21NO2. The van der Waals surface area contributed by atoms with E-state index in [1.54, 1.807) is 12.1 Å². The van der Waals surface area contributed by atoms with Crippen LogP contribution in [0.5, 0.6) is 0 Å². The number of benzene rings is 1. The number of hydrogen-bond acceptors (Lipinski definition) is 2. The van der Waals surface area contributed by atoms with Crippen LogP contribution in [0.2, 0.25) is 0 Å². The molecule has 0 fully saturated rings. The molecule has 2 N–H and O–H groups in total. The van der Waals surface area contributed by atoms with Gasteiger partial charge in [0, 0.05) is 12.1 Å². The summed E-state index contributed by atoms with van der Waals surface area (Å²) in [6.07, 6.45) is 4.18. The van der Waals surface area contributed by atoms with Crippen molar-refractivity contribution in [1.82, 2.24) is 5.32 Å². The van der Waals surface area contributed by atoms with Crippen molar-refractivity contribution in [2.45, 2.75) is 20.8 Å². The summed E-state index contributed by atoms with van der Waals surface area (Å²) < 4.78 is 0. The first-order valence-corrected chi connectivity index (χ1v) is 6.11. The summed E-state index contributed by atoms with van der Waals surface area (Å²) in [5, 5.41) is 11.2. The first kappa shape index (κ1) is 14.5. The van der Waals surface area contributed by atoms with Gasteiger partial charge < -0.3 is 10.4 Å². The molecule has 0 aromatic heterocycles. The number of nitrogens with one attached hydrogen (secondary N) is 1. The van der Waals surface area contributed by atoms with Crippen molar-refractivity contribution < 1.29 is 9.90 Å². The predicted molar refractivity (Wildman–Crippen MR) is 74.4 cm³/mol. The van der Waals surface area contributed by atoms with Gasteiger partial charge in [-0.25, -0.2) is 0 Å². The van der Waals surface area contributed by atoms with Gasteiger partial charge in [-0.3, -0.25) is 4.79 Å². The Hall–Kier alpha value is -1.61. The lowest BCUT2D eigenvalue weighted by Gasteiger charge is -2.11. The Morgan fingerprint density at radius 2 is 1.89 bits per heavy atom. The van der Waals surface area contributed by atoms with E-state index in [0.717, 1.165) is 5.56 Å². The summed E-state index contributed by atoms with van der Waals surface area (Å²) in [7, 11) is 0. The third-order valence-electron chi connectivity index (χ3n) is 2.35. The molecule has 0 radical (unpaired) electrons. The normalized spacial score (nSPS) is 11.8. The van der Waals surface area contributed by atoms with E-state index in [1.165, 1.54) is 0 Å². The molecule has 0 heterocycles. The number of aliphatic hydroxyl groups excluding tert-OH is 1. The van der Waals surface area contributed by atoms with E-state index in [9.17, 15) is 4.79 Å². The van der Waals surface area contributed by atoms with Crippen LogP contribution in [0.25, 0.3) is 6.08 Å². The zero-order valence-corrected chi connectivity index (χ0v) is 11.2. The Labute approximate surface area is 109 Å². The molecule has 1 aromatic carbocycles. The van der Waals surface area contributed by atoms with Crippen LogP contribution in [0.4, 0.5) is 0 Å². The van der Waals surface area contributed by atoms with Crippen molar-refractivity contribution in [3.8, 4) is 0 Å². The second-order valence-corrected chi connectivity index (χ2v) is 5.30. The van der Waals surface area contributed by atoms with E-state index in [0.29, 0.717) is 5.56 Å². The molecule has 0 aliphatic rings. The summed E-state index contributed by atoms with van der Waals surface area (Å²) >= 11 is 0. The van der Waals surface area contributed by atoms with Crippen LogP contribution in [-0.2, 0) is 0 Å². The second-order valence-electron chi connectivity index (χ2n) is 5.30. The molecule has 1 amide bonds. The quantitative estimate of drug-likeness (QED) is 0.858. The molecule has 0 bridgehead atoms. The Morgan fingerprint density at radius 1 is 1.28 bits per heavy atom. The van der Waals surface area contributed by atoms with Gasteiger partial charge in [0.25, 0.3) is 5.91 Å². The van der Waals surface area contributed by atoms with Gasteiger partial charge in [0.1, 0.15) is 0 Å². The van der Waals surface area contributed by atoms with Crippen LogP contribution in [0.1, 0.15) is 36.7 Å². The standard InChI is InChI=1S/C15H21NO2/c1-15(2,3)9-8-12-4-6-13(7-5-12)14(18)16-10-11-17/h4-9,17H,10-11H2,1-3H3,(H,16,18). The van der Waals surface area contributed by atoms with Gasteiger partial charge >= 0.3 is 0 Å².